The lowest BCUT2D eigenvalue weighted by Gasteiger charge is -2.07. The van der Waals surface area contributed by atoms with E-state index >= 15 is 0 Å². The summed E-state index contributed by atoms with van der Waals surface area (Å²) in [5, 5.41) is 18.9. The van der Waals surface area contributed by atoms with Crippen molar-refractivity contribution in [1.29, 1.82) is 0 Å². The molecule has 1 saturated heterocycles. The number of benzene rings is 1. The minimum absolute atomic E-state index is 0.239. The number of carbonyl (C=O) groups is 1. The second-order valence-electron chi connectivity index (χ2n) is 5.77. The van der Waals surface area contributed by atoms with E-state index in [9.17, 15) is 17.6 Å². The number of aryl methyl sites for hydroxylation is 1. The van der Waals surface area contributed by atoms with Crippen LogP contribution in [0.3, 0.4) is 0 Å². The van der Waals surface area contributed by atoms with Gasteiger partial charge in [0, 0.05) is 6.04 Å². The fraction of sp³-hybridized carbons (Fsp3) is 0.438. The van der Waals surface area contributed by atoms with Crippen LogP contribution in [0.4, 0.5) is 17.6 Å². The molecule has 2 aromatic rings. The number of carboxylic acids is 1. The summed E-state index contributed by atoms with van der Waals surface area (Å²) in [6, 6.07) is 6.88. The van der Waals surface area contributed by atoms with Crippen molar-refractivity contribution in [3.63, 3.8) is 0 Å². The zero-order valence-corrected chi connectivity index (χ0v) is 13.7. The molecule has 3 rings (SSSR count). The molecule has 1 unspecified atom stereocenters. The summed E-state index contributed by atoms with van der Waals surface area (Å²) >= 11 is 0. The lowest BCUT2D eigenvalue weighted by molar-refractivity contribution is -0.192. The second-order valence-corrected chi connectivity index (χ2v) is 5.77. The Hall–Kier alpha value is -2.49. The highest BCUT2D eigenvalue weighted by molar-refractivity contribution is 5.73. The van der Waals surface area contributed by atoms with E-state index in [4.69, 9.17) is 9.90 Å². The Bertz CT molecular complexity index is 710. The molecule has 1 fully saturated rings. The van der Waals surface area contributed by atoms with Crippen LogP contribution in [0.1, 0.15) is 25.0 Å². The maximum absolute atomic E-state index is 12.8. The summed E-state index contributed by atoms with van der Waals surface area (Å²) in [4.78, 5) is 8.90. The summed E-state index contributed by atoms with van der Waals surface area (Å²) in [6.45, 7) is 1.13. The number of carboxylic acid groups (broad SMARTS) is 1. The van der Waals surface area contributed by atoms with Crippen molar-refractivity contribution in [2.75, 3.05) is 6.54 Å². The second kappa shape index (κ2) is 8.75. The molecule has 0 bridgehead atoms. The van der Waals surface area contributed by atoms with Crippen LogP contribution in [0.25, 0.3) is 5.69 Å². The summed E-state index contributed by atoms with van der Waals surface area (Å²) < 4.78 is 46.3. The molecule has 1 aromatic heterocycles. The van der Waals surface area contributed by atoms with Crippen molar-refractivity contribution in [2.24, 2.45) is 0 Å². The van der Waals surface area contributed by atoms with Gasteiger partial charge in [0.05, 0.1) is 17.6 Å². The number of rotatable bonds is 4. The topological polar surface area (TPSA) is 80.0 Å². The number of alkyl halides is 3. The van der Waals surface area contributed by atoms with E-state index in [1.807, 2.05) is 6.20 Å². The van der Waals surface area contributed by atoms with Gasteiger partial charge in [-0.05, 0) is 56.5 Å². The smallest absolute Gasteiger partial charge is 0.475 e. The van der Waals surface area contributed by atoms with E-state index in [2.05, 4.69) is 15.6 Å². The molecular weight excluding hydrogens is 356 g/mol. The van der Waals surface area contributed by atoms with Gasteiger partial charge < -0.3 is 10.4 Å². The van der Waals surface area contributed by atoms with Gasteiger partial charge in [-0.2, -0.15) is 13.2 Å². The number of aromatic nitrogens is 3. The summed E-state index contributed by atoms with van der Waals surface area (Å²) in [6.07, 6.45) is 1.39. The van der Waals surface area contributed by atoms with E-state index in [0.29, 0.717) is 6.04 Å². The van der Waals surface area contributed by atoms with E-state index in [1.165, 1.54) is 25.0 Å². The molecular formula is C16H18F4N4O2. The van der Waals surface area contributed by atoms with Crippen LogP contribution in [0.5, 0.6) is 0 Å². The molecule has 0 amide bonds. The Labute approximate surface area is 146 Å². The Morgan fingerprint density at radius 1 is 1.31 bits per heavy atom. The third kappa shape index (κ3) is 6.10. The molecule has 6 nitrogen and oxygen atoms in total. The predicted molar refractivity (Wildman–Crippen MR) is 84.4 cm³/mol. The van der Waals surface area contributed by atoms with E-state index in [0.717, 1.165) is 30.8 Å². The van der Waals surface area contributed by atoms with Gasteiger partial charge in [-0.1, -0.05) is 5.21 Å². The minimum atomic E-state index is -5.08. The summed E-state index contributed by atoms with van der Waals surface area (Å²) in [5.74, 6) is -3.00. The van der Waals surface area contributed by atoms with Gasteiger partial charge in [0.25, 0.3) is 0 Å². The van der Waals surface area contributed by atoms with Crippen LogP contribution in [-0.2, 0) is 11.2 Å². The van der Waals surface area contributed by atoms with Gasteiger partial charge in [-0.3, -0.25) is 0 Å². The Morgan fingerprint density at radius 3 is 2.50 bits per heavy atom. The van der Waals surface area contributed by atoms with Gasteiger partial charge in [0.2, 0.25) is 0 Å². The van der Waals surface area contributed by atoms with Crippen molar-refractivity contribution in [2.45, 2.75) is 37.9 Å². The molecule has 0 aliphatic carbocycles. The highest BCUT2D eigenvalue weighted by Crippen LogP contribution is 2.14. The first-order valence-electron chi connectivity index (χ1n) is 7.96. The fourth-order valence-electron chi connectivity index (χ4n) is 2.46. The normalized spacial score (nSPS) is 16.8. The van der Waals surface area contributed by atoms with Crippen LogP contribution in [0, 0.1) is 5.82 Å². The van der Waals surface area contributed by atoms with Crippen LogP contribution < -0.4 is 5.32 Å². The molecule has 2 heterocycles. The average molecular weight is 374 g/mol. The van der Waals surface area contributed by atoms with Gasteiger partial charge >= 0.3 is 12.1 Å². The molecule has 142 valence electrons. The number of hydrogen-bond acceptors (Lipinski definition) is 4. The van der Waals surface area contributed by atoms with Gasteiger partial charge in [-0.15, -0.1) is 5.10 Å². The number of aliphatic carboxylic acids is 1. The monoisotopic (exact) mass is 374 g/mol. The van der Waals surface area contributed by atoms with Crippen molar-refractivity contribution in [3.05, 3.63) is 42.0 Å². The summed E-state index contributed by atoms with van der Waals surface area (Å²) in [7, 11) is 0. The van der Waals surface area contributed by atoms with Crippen LogP contribution in [0.2, 0.25) is 0 Å². The lowest BCUT2D eigenvalue weighted by atomic mass is 10.1. The average Bonchev–Trinajstić information content (AvgIpc) is 3.25. The van der Waals surface area contributed by atoms with Crippen LogP contribution in [0.15, 0.2) is 30.5 Å². The van der Waals surface area contributed by atoms with E-state index < -0.39 is 12.1 Å². The predicted octanol–water partition coefficient (Wildman–Crippen LogP) is 2.72. The molecule has 26 heavy (non-hydrogen) atoms. The lowest BCUT2D eigenvalue weighted by Crippen LogP contribution is -2.21. The molecule has 1 aromatic carbocycles. The first kappa shape index (κ1) is 19.8. The molecule has 10 heteroatoms. The maximum atomic E-state index is 12.8. The number of hydrogen-bond donors (Lipinski definition) is 2. The quantitative estimate of drug-likeness (QED) is 0.805. The number of halogens is 4. The SMILES string of the molecule is Fc1ccc(-n2cc(CCC3CCCN3)nn2)cc1.O=C(O)C(F)(F)F. The van der Waals surface area contributed by atoms with Crippen LogP contribution >= 0.6 is 0 Å². The molecule has 1 atom stereocenters. The van der Waals surface area contributed by atoms with Gasteiger partial charge in [-0.25, -0.2) is 13.9 Å². The highest BCUT2D eigenvalue weighted by atomic mass is 19.4. The number of nitrogens with one attached hydrogen (secondary N) is 1. The van der Waals surface area contributed by atoms with Gasteiger partial charge in [0.1, 0.15) is 5.82 Å². The minimum Gasteiger partial charge on any atom is -0.475 e. The number of nitrogens with zero attached hydrogens (tertiary/aromatic N) is 3. The van der Waals surface area contributed by atoms with Gasteiger partial charge in [0.15, 0.2) is 0 Å². The maximum Gasteiger partial charge on any atom is 0.490 e. The first-order valence-corrected chi connectivity index (χ1v) is 7.96. The standard InChI is InChI=1S/C14H17FN4.C2HF3O2/c15-11-3-7-14(8-4-11)19-10-13(17-18-19)6-5-12-2-1-9-16-12;3-2(4,5)1(6)7/h3-4,7-8,10,12,16H,1-2,5-6,9H2;(H,6,7). The fourth-order valence-corrected chi connectivity index (χ4v) is 2.46. The van der Waals surface area contributed by atoms with Crippen LogP contribution in [-0.4, -0.2) is 44.8 Å². The van der Waals surface area contributed by atoms with Crippen molar-refractivity contribution >= 4 is 5.97 Å². The Kier molecular flexibility index (Phi) is 6.67. The molecule has 1 aliphatic heterocycles. The third-order valence-electron chi connectivity index (χ3n) is 3.79. The first-order chi connectivity index (χ1) is 12.3. The Morgan fingerprint density at radius 2 is 1.96 bits per heavy atom. The summed E-state index contributed by atoms with van der Waals surface area (Å²) in [5.41, 5.74) is 1.82. The molecule has 1 aliphatic rings. The molecule has 2 N–H and O–H groups in total. The van der Waals surface area contributed by atoms with Crippen molar-refractivity contribution in [1.82, 2.24) is 20.3 Å². The van der Waals surface area contributed by atoms with Crippen molar-refractivity contribution < 1.29 is 27.5 Å². The zero-order valence-electron chi connectivity index (χ0n) is 13.7. The Balaban J connectivity index is 0.000000298. The van der Waals surface area contributed by atoms with E-state index in [-0.39, 0.29) is 5.82 Å². The largest absolute Gasteiger partial charge is 0.490 e. The molecule has 0 radical (unpaired) electrons. The van der Waals surface area contributed by atoms with Crippen molar-refractivity contribution in [3.8, 4) is 5.69 Å². The third-order valence-corrected chi connectivity index (χ3v) is 3.79. The highest BCUT2D eigenvalue weighted by Gasteiger charge is 2.38. The zero-order chi connectivity index (χ0) is 19.2. The molecule has 0 spiro atoms. The van der Waals surface area contributed by atoms with E-state index in [1.54, 1.807) is 16.8 Å². The molecule has 0 saturated carbocycles.